The fraction of sp³-hybridized carbons (Fsp3) is 0.455. The van der Waals surface area contributed by atoms with E-state index in [2.05, 4.69) is 8.83 Å². The molecule has 1 aliphatic rings. The monoisotopic (exact) mass is 463 g/mol. The van der Waals surface area contributed by atoms with Gasteiger partial charge in [0.15, 0.2) is 11.0 Å². The third kappa shape index (κ3) is 5.01. The van der Waals surface area contributed by atoms with Gasteiger partial charge >= 0.3 is 15.6 Å². The number of hydrogen-bond donors (Lipinski definition) is 6. The molecular formula is C11H13FN2O11P2S. The number of phosphoric acid groups is 2. The van der Waals surface area contributed by atoms with Crippen LogP contribution in [0.4, 0.5) is 4.39 Å². The minimum atomic E-state index is -5.54. The van der Waals surface area contributed by atoms with E-state index in [9.17, 15) is 33.4 Å². The number of nitrogens with zero attached hydrogens (tertiary/aromatic N) is 1. The lowest BCUT2D eigenvalue weighted by molar-refractivity contribution is -0.204. The lowest BCUT2D eigenvalue weighted by Gasteiger charge is -2.24. The topological polar surface area (TPSA) is 201 Å². The maximum Gasteiger partial charge on any atom is 0.481 e. The molecule has 28 heavy (non-hydrogen) atoms. The van der Waals surface area contributed by atoms with Crippen molar-refractivity contribution in [1.82, 2.24) is 9.55 Å². The Balaban J connectivity index is 2.38. The van der Waals surface area contributed by atoms with Crippen molar-refractivity contribution in [1.29, 1.82) is 0 Å². The quantitative estimate of drug-likeness (QED) is 0.172. The van der Waals surface area contributed by atoms with Gasteiger partial charge in [-0.25, -0.2) is 13.5 Å². The third-order valence-corrected chi connectivity index (χ3v) is 5.67. The summed E-state index contributed by atoms with van der Waals surface area (Å²) >= 11 is 4.81. The number of rotatable bonds is 6. The second-order valence-electron chi connectivity index (χ2n) is 5.25. The predicted molar refractivity (Wildman–Crippen MR) is 88.7 cm³/mol. The first-order chi connectivity index (χ1) is 13.0. The number of aromatic amines is 1. The first-order valence-electron chi connectivity index (χ1n) is 7.37. The number of phosphoric ester groups is 1. The van der Waals surface area contributed by atoms with E-state index in [1.165, 1.54) is 0 Å². The van der Waals surface area contributed by atoms with Crippen LogP contribution in [0.15, 0.2) is 11.0 Å². The van der Waals surface area contributed by atoms with Crippen LogP contribution in [-0.2, 0) is 22.7 Å². The summed E-state index contributed by atoms with van der Waals surface area (Å²) in [7, 11) is -11.0. The van der Waals surface area contributed by atoms with E-state index in [1.807, 2.05) is 10.9 Å². The summed E-state index contributed by atoms with van der Waals surface area (Å²) in [5, 5.41) is 20.1. The highest BCUT2D eigenvalue weighted by atomic mass is 32.1. The van der Waals surface area contributed by atoms with Crippen LogP contribution in [0.3, 0.4) is 0 Å². The lowest BCUT2D eigenvalue weighted by Crippen LogP contribution is -2.42. The van der Waals surface area contributed by atoms with Crippen molar-refractivity contribution in [2.45, 2.75) is 24.3 Å². The van der Waals surface area contributed by atoms with Gasteiger partial charge in [-0.15, -0.1) is 6.42 Å². The summed E-state index contributed by atoms with van der Waals surface area (Å²) in [6, 6.07) is 0. The van der Waals surface area contributed by atoms with Gasteiger partial charge in [0.25, 0.3) is 11.4 Å². The van der Waals surface area contributed by atoms with E-state index in [1.54, 1.807) is 0 Å². The highest BCUT2D eigenvalue weighted by Gasteiger charge is 2.57. The van der Waals surface area contributed by atoms with Gasteiger partial charge in [-0.3, -0.25) is 18.9 Å². The molecule has 1 aromatic rings. The SMILES string of the molecule is [2H][C@@]1(n2cc(C#C)c(=O)[nH]c2=S)O[C@](F)(COP(=O)(O)OP(=O)(O)O)[C@@H](O)[C@H]1O. The molecule has 0 bridgehead atoms. The first-order valence-corrected chi connectivity index (χ1v) is 10.3. The van der Waals surface area contributed by atoms with Crippen LogP contribution in [0, 0.1) is 17.1 Å². The molecule has 156 valence electrons. The van der Waals surface area contributed by atoms with E-state index in [0.29, 0.717) is 4.57 Å². The molecule has 13 nitrogen and oxygen atoms in total. The van der Waals surface area contributed by atoms with Crippen molar-refractivity contribution in [2.75, 3.05) is 6.61 Å². The van der Waals surface area contributed by atoms with Gasteiger partial charge in [-0.1, -0.05) is 5.92 Å². The van der Waals surface area contributed by atoms with Crippen molar-refractivity contribution in [3.8, 4) is 12.3 Å². The first kappa shape index (κ1) is 21.4. The Hall–Kier alpha value is -1.27. The van der Waals surface area contributed by atoms with E-state index < -0.39 is 62.4 Å². The largest absolute Gasteiger partial charge is 0.481 e. The average molecular weight is 463 g/mol. The Morgan fingerprint density at radius 2 is 2.11 bits per heavy atom. The number of halogens is 1. The normalized spacial score (nSPS) is 33.1. The number of aliphatic hydroxyl groups excluding tert-OH is 2. The number of terminal acetylenes is 1. The Morgan fingerprint density at radius 1 is 1.50 bits per heavy atom. The van der Waals surface area contributed by atoms with Gasteiger partial charge in [-0.2, -0.15) is 4.31 Å². The number of aliphatic hydroxyl groups is 2. The van der Waals surface area contributed by atoms with E-state index in [-0.39, 0.29) is 0 Å². The molecular weight excluding hydrogens is 449 g/mol. The predicted octanol–water partition coefficient (Wildman–Crippen LogP) is -0.970. The number of alkyl halides is 1. The van der Waals surface area contributed by atoms with Crippen LogP contribution in [0.2, 0.25) is 0 Å². The fourth-order valence-corrected chi connectivity index (χ4v) is 3.88. The minimum Gasteiger partial charge on any atom is -0.385 e. The highest BCUT2D eigenvalue weighted by Crippen LogP contribution is 2.58. The van der Waals surface area contributed by atoms with Crippen LogP contribution in [0.5, 0.6) is 0 Å². The van der Waals surface area contributed by atoms with Crippen LogP contribution >= 0.6 is 27.9 Å². The molecule has 0 aromatic carbocycles. The maximum atomic E-state index is 15.0. The van der Waals surface area contributed by atoms with Gasteiger partial charge in [-0.05, 0) is 12.2 Å². The molecule has 5 atom stereocenters. The number of nitrogens with one attached hydrogen (secondary N) is 1. The second kappa shape index (κ2) is 7.86. The summed E-state index contributed by atoms with van der Waals surface area (Å²) < 4.78 is 57.3. The van der Waals surface area contributed by atoms with Crippen LogP contribution in [0.1, 0.15) is 13.1 Å². The molecule has 1 aromatic heterocycles. The van der Waals surface area contributed by atoms with Crippen molar-refractivity contribution >= 4 is 27.9 Å². The van der Waals surface area contributed by atoms with E-state index >= 15 is 0 Å². The molecule has 1 unspecified atom stereocenters. The van der Waals surface area contributed by atoms with Gasteiger partial charge in [0.05, 0.1) is 1.37 Å². The number of ether oxygens (including phenoxy) is 1. The summed E-state index contributed by atoms with van der Waals surface area (Å²) in [6.07, 6.45) is -2.05. The molecule has 0 aliphatic carbocycles. The number of H-pyrrole nitrogens is 1. The molecule has 17 heteroatoms. The smallest absolute Gasteiger partial charge is 0.385 e. The van der Waals surface area contributed by atoms with E-state index in [4.69, 9.17) is 34.5 Å². The zero-order valence-corrected chi connectivity index (χ0v) is 15.9. The molecule has 1 aliphatic heterocycles. The average Bonchev–Trinajstić information content (AvgIpc) is 2.73. The summed E-state index contributed by atoms with van der Waals surface area (Å²) in [4.78, 5) is 39.9. The maximum absolute atomic E-state index is 15.0. The van der Waals surface area contributed by atoms with Crippen LogP contribution in [-0.4, -0.2) is 59.1 Å². The minimum absolute atomic E-state index is 0.391. The van der Waals surface area contributed by atoms with Crippen LogP contribution in [0.25, 0.3) is 0 Å². The summed E-state index contributed by atoms with van der Waals surface area (Å²) in [5.41, 5.74) is -1.23. The second-order valence-corrected chi connectivity index (χ2v) is 8.46. The molecule has 0 spiro atoms. The molecule has 1 saturated heterocycles. The molecule has 2 heterocycles. The number of aromatic nitrogens is 2. The molecule has 0 saturated carbocycles. The van der Waals surface area contributed by atoms with Gasteiger partial charge in [0.2, 0.25) is 0 Å². The van der Waals surface area contributed by atoms with E-state index in [0.717, 1.165) is 6.20 Å². The van der Waals surface area contributed by atoms with Crippen molar-refractivity contribution in [2.24, 2.45) is 0 Å². The Labute approximate surface area is 161 Å². The summed E-state index contributed by atoms with van der Waals surface area (Å²) in [5.74, 6) is -1.61. The fourth-order valence-electron chi connectivity index (χ4n) is 2.04. The van der Waals surface area contributed by atoms with Crippen LogP contribution < -0.4 is 5.56 Å². The van der Waals surface area contributed by atoms with Crippen molar-refractivity contribution < 1.29 is 53.4 Å². The highest BCUT2D eigenvalue weighted by molar-refractivity contribution is 7.71. The molecule has 6 N–H and O–H groups in total. The van der Waals surface area contributed by atoms with Gasteiger partial charge in [0, 0.05) is 6.20 Å². The van der Waals surface area contributed by atoms with Crippen molar-refractivity contribution in [3.63, 3.8) is 0 Å². The number of hydrogen-bond acceptors (Lipinski definition) is 9. The Kier molecular flexibility index (Phi) is 6.02. The molecule has 0 amide bonds. The molecule has 0 radical (unpaired) electrons. The van der Waals surface area contributed by atoms with Crippen molar-refractivity contribution in [3.05, 3.63) is 26.9 Å². The Bertz CT molecular complexity index is 1070. The standard InChI is InChI=1S/C11H13FN2O11P2S/c1-2-5-3-14(10(28)13-8(5)17)9-6(15)7(16)11(12,24-9)4-23-27(21,22)25-26(18,19)20/h1,3,6-7,9,15-16H,4H2,(H,21,22)(H,13,17,28)(H2,18,19,20)/t6-,7+,9-,11-/m1/s1/i9D. The third-order valence-electron chi connectivity index (χ3n) is 3.24. The molecule has 1 fully saturated rings. The zero-order valence-electron chi connectivity index (χ0n) is 14.3. The van der Waals surface area contributed by atoms with Gasteiger partial charge < -0.3 is 29.6 Å². The summed E-state index contributed by atoms with van der Waals surface area (Å²) in [6.45, 7) is -1.71. The molecule has 2 rings (SSSR count). The Morgan fingerprint density at radius 3 is 2.64 bits per heavy atom. The lowest BCUT2D eigenvalue weighted by atomic mass is 10.1. The zero-order chi connectivity index (χ0) is 22.4. The van der Waals surface area contributed by atoms with Gasteiger partial charge in [0.1, 0.15) is 24.4 Å².